The number of aryl methyl sites for hydroxylation is 1. The average Bonchev–Trinajstić information content (AvgIpc) is 2.61. The lowest BCUT2D eigenvalue weighted by atomic mass is 10.2. The van der Waals surface area contributed by atoms with Gasteiger partial charge in [-0.25, -0.2) is 14.5 Å². The van der Waals surface area contributed by atoms with Gasteiger partial charge in [-0.1, -0.05) is 26.3 Å². The third-order valence-corrected chi connectivity index (χ3v) is 3.27. The van der Waals surface area contributed by atoms with Gasteiger partial charge in [0.15, 0.2) is 0 Å². The van der Waals surface area contributed by atoms with Crippen molar-refractivity contribution in [3.8, 4) is 0 Å². The van der Waals surface area contributed by atoms with Gasteiger partial charge in [-0.3, -0.25) is 0 Å². The minimum Gasteiger partial charge on any atom is -0.609 e. The highest BCUT2D eigenvalue weighted by atomic mass is 32.2. The van der Waals surface area contributed by atoms with Crippen LogP contribution in [0.15, 0.2) is 22.6 Å². The van der Waals surface area contributed by atoms with Gasteiger partial charge >= 0.3 is 10.8 Å². The maximum absolute atomic E-state index is 11.5. The van der Waals surface area contributed by atoms with Crippen molar-refractivity contribution in [2.75, 3.05) is 5.75 Å². The summed E-state index contributed by atoms with van der Waals surface area (Å²) in [6.07, 6.45) is 4.61. The molecule has 1 atom stereocenters. The molecule has 1 unspecified atom stereocenters. The minimum absolute atomic E-state index is 0.237. The van der Waals surface area contributed by atoms with Crippen molar-refractivity contribution in [1.82, 2.24) is 14.8 Å². The molecule has 0 aromatic carbocycles. The van der Waals surface area contributed by atoms with Crippen LogP contribution in [0.25, 0.3) is 0 Å². The SMILES string of the molecule is C=CC[S+]([O-])c1nn(CCCCC)c(=O)[nH]1. The topological polar surface area (TPSA) is 73.7 Å². The first-order valence-electron chi connectivity index (χ1n) is 5.35. The molecule has 0 saturated heterocycles. The molecule has 0 radical (unpaired) electrons. The van der Waals surface area contributed by atoms with E-state index in [4.69, 9.17) is 0 Å². The Bertz CT molecular complexity index is 386. The normalized spacial score (nSPS) is 12.6. The quantitative estimate of drug-likeness (QED) is 0.442. The fourth-order valence-electron chi connectivity index (χ4n) is 1.29. The number of unbranched alkanes of at least 4 members (excludes halogenated alkanes) is 2. The van der Waals surface area contributed by atoms with Gasteiger partial charge in [0.05, 0.1) is 0 Å². The summed E-state index contributed by atoms with van der Waals surface area (Å²) in [7, 11) is 0. The number of nitrogens with zero attached hydrogens (tertiary/aromatic N) is 2. The lowest BCUT2D eigenvalue weighted by Crippen LogP contribution is -2.17. The van der Waals surface area contributed by atoms with Crippen LogP contribution in [0.1, 0.15) is 26.2 Å². The summed E-state index contributed by atoms with van der Waals surface area (Å²) in [4.78, 5) is 13.9. The molecular formula is C10H17N3O2S. The van der Waals surface area contributed by atoms with Crippen molar-refractivity contribution < 1.29 is 4.55 Å². The molecule has 6 heteroatoms. The number of aromatic amines is 1. The standard InChI is InChI=1S/C10H17N3O2S/c1-3-5-6-7-13-10(14)11-9(12-13)16(15)8-4-2/h4H,2-3,5-8H2,1H3,(H,11,12,14). The van der Waals surface area contributed by atoms with Crippen molar-refractivity contribution >= 4 is 11.2 Å². The number of nitrogens with one attached hydrogen (secondary N) is 1. The van der Waals surface area contributed by atoms with Gasteiger partial charge in [0.25, 0.3) is 0 Å². The Labute approximate surface area is 97.7 Å². The van der Waals surface area contributed by atoms with Gasteiger partial charge in [-0.2, -0.15) is 0 Å². The van der Waals surface area contributed by atoms with Crippen LogP contribution in [0, 0.1) is 0 Å². The van der Waals surface area contributed by atoms with Gasteiger partial charge in [-0.05, 0) is 12.5 Å². The van der Waals surface area contributed by atoms with Crippen LogP contribution in [-0.2, 0) is 17.7 Å². The summed E-state index contributed by atoms with van der Waals surface area (Å²) in [6, 6.07) is 0. The van der Waals surface area contributed by atoms with Crippen LogP contribution in [0.5, 0.6) is 0 Å². The van der Waals surface area contributed by atoms with E-state index >= 15 is 0 Å². The zero-order valence-electron chi connectivity index (χ0n) is 9.44. The van der Waals surface area contributed by atoms with Gasteiger partial charge in [0.2, 0.25) is 0 Å². The number of hydrogen-bond acceptors (Lipinski definition) is 3. The summed E-state index contributed by atoms with van der Waals surface area (Å²) >= 11 is -1.29. The summed E-state index contributed by atoms with van der Waals surface area (Å²) in [5, 5.41) is 4.24. The van der Waals surface area contributed by atoms with E-state index in [0.29, 0.717) is 12.3 Å². The van der Waals surface area contributed by atoms with Gasteiger partial charge < -0.3 is 4.55 Å². The first kappa shape index (κ1) is 13.1. The molecule has 5 nitrogen and oxygen atoms in total. The molecule has 0 fully saturated rings. The maximum Gasteiger partial charge on any atom is 0.347 e. The summed E-state index contributed by atoms with van der Waals surface area (Å²) in [5.74, 6) is 0.307. The summed E-state index contributed by atoms with van der Waals surface area (Å²) in [5.41, 5.74) is -0.288. The van der Waals surface area contributed by atoms with E-state index in [1.54, 1.807) is 6.08 Å². The molecule has 0 spiro atoms. The van der Waals surface area contributed by atoms with E-state index in [0.717, 1.165) is 19.3 Å². The second kappa shape index (κ2) is 6.55. The average molecular weight is 243 g/mol. The van der Waals surface area contributed by atoms with E-state index in [1.165, 1.54) is 4.68 Å². The molecule has 16 heavy (non-hydrogen) atoms. The molecule has 90 valence electrons. The monoisotopic (exact) mass is 243 g/mol. The van der Waals surface area contributed by atoms with E-state index in [-0.39, 0.29) is 10.8 Å². The van der Waals surface area contributed by atoms with Crippen LogP contribution in [0.4, 0.5) is 0 Å². The Morgan fingerprint density at radius 1 is 1.62 bits per heavy atom. The van der Waals surface area contributed by atoms with E-state index in [1.807, 2.05) is 0 Å². The molecule has 1 N–H and O–H groups in total. The van der Waals surface area contributed by atoms with Crippen LogP contribution in [-0.4, -0.2) is 25.1 Å². The Morgan fingerprint density at radius 2 is 2.38 bits per heavy atom. The molecule has 0 amide bonds. The lowest BCUT2D eigenvalue weighted by Gasteiger charge is -2.01. The molecule has 1 rings (SSSR count). The first-order chi connectivity index (χ1) is 7.69. The zero-order chi connectivity index (χ0) is 12.0. The first-order valence-corrected chi connectivity index (χ1v) is 6.67. The van der Waals surface area contributed by atoms with Crippen molar-refractivity contribution in [1.29, 1.82) is 0 Å². The predicted octanol–water partition coefficient (Wildman–Crippen LogP) is 1.06. The van der Waals surface area contributed by atoms with Crippen molar-refractivity contribution in [2.24, 2.45) is 0 Å². The Hall–Kier alpha value is -1.01. The van der Waals surface area contributed by atoms with Gasteiger partial charge in [-0.15, -0.1) is 5.10 Å². The second-order valence-corrected chi connectivity index (χ2v) is 4.88. The highest BCUT2D eigenvalue weighted by Crippen LogP contribution is 2.03. The third-order valence-electron chi connectivity index (χ3n) is 2.12. The molecule has 0 bridgehead atoms. The van der Waals surface area contributed by atoms with E-state index in [9.17, 15) is 9.35 Å². The molecule has 0 saturated carbocycles. The Balaban J connectivity index is 2.66. The summed E-state index contributed by atoms with van der Waals surface area (Å²) in [6.45, 7) is 6.17. The van der Waals surface area contributed by atoms with Crippen LogP contribution in [0.3, 0.4) is 0 Å². The molecular weight excluding hydrogens is 226 g/mol. The van der Waals surface area contributed by atoms with Crippen LogP contribution < -0.4 is 5.69 Å². The smallest absolute Gasteiger partial charge is 0.347 e. The van der Waals surface area contributed by atoms with E-state index < -0.39 is 11.2 Å². The largest absolute Gasteiger partial charge is 0.609 e. The molecule has 0 aliphatic rings. The highest BCUT2D eigenvalue weighted by molar-refractivity contribution is 7.91. The fraction of sp³-hybridized carbons (Fsp3) is 0.600. The molecule has 0 aliphatic heterocycles. The van der Waals surface area contributed by atoms with E-state index in [2.05, 4.69) is 23.6 Å². The Morgan fingerprint density at radius 3 is 3.00 bits per heavy atom. The summed E-state index contributed by atoms with van der Waals surface area (Å²) < 4.78 is 12.9. The highest BCUT2D eigenvalue weighted by Gasteiger charge is 2.15. The van der Waals surface area contributed by atoms with Crippen LogP contribution in [0.2, 0.25) is 0 Å². The number of aromatic nitrogens is 3. The number of rotatable bonds is 7. The second-order valence-electron chi connectivity index (χ2n) is 3.47. The van der Waals surface area contributed by atoms with Crippen molar-refractivity contribution in [3.63, 3.8) is 0 Å². The number of H-pyrrole nitrogens is 1. The van der Waals surface area contributed by atoms with Crippen molar-refractivity contribution in [3.05, 3.63) is 23.1 Å². The zero-order valence-corrected chi connectivity index (χ0v) is 10.3. The van der Waals surface area contributed by atoms with Crippen molar-refractivity contribution in [2.45, 2.75) is 37.9 Å². The maximum atomic E-state index is 11.5. The van der Waals surface area contributed by atoms with Gasteiger partial charge in [0, 0.05) is 17.7 Å². The number of hydrogen-bond donors (Lipinski definition) is 1. The molecule has 1 aromatic heterocycles. The van der Waals surface area contributed by atoms with Gasteiger partial charge in [0.1, 0.15) is 5.75 Å². The Kier molecular flexibility index (Phi) is 5.34. The lowest BCUT2D eigenvalue weighted by molar-refractivity contribution is 0.527. The fourth-order valence-corrected chi connectivity index (χ4v) is 2.05. The van der Waals surface area contributed by atoms with Crippen LogP contribution >= 0.6 is 0 Å². The minimum atomic E-state index is -1.29. The molecule has 1 aromatic rings. The predicted molar refractivity (Wildman–Crippen MR) is 63.8 cm³/mol. The molecule has 1 heterocycles. The molecule has 0 aliphatic carbocycles. The third kappa shape index (κ3) is 3.53.